The summed E-state index contributed by atoms with van der Waals surface area (Å²) in [5.74, 6) is 1.50. The lowest BCUT2D eigenvalue weighted by Gasteiger charge is -2.28. The van der Waals surface area contributed by atoms with E-state index in [0.29, 0.717) is 36.9 Å². The second kappa shape index (κ2) is 12.3. The quantitative estimate of drug-likeness (QED) is 0.241. The number of methoxy groups -OCH3 is 1. The molecule has 5 rings (SSSR count). The number of ether oxygens (including phenoxy) is 5. The third-order valence-corrected chi connectivity index (χ3v) is 6.32. The van der Waals surface area contributed by atoms with Crippen molar-refractivity contribution in [2.75, 3.05) is 13.7 Å². The molecule has 0 saturated heterocycles. The van der Waals surface area contributed by atoms with Gasteiger partial charge in [0.2, 0.25) is 0 Å². The molecule has 194 valence electrons. The molecule has 0 unspecified atom stereocenters. The predicted molar refractivity (Wildman–Crippen MR) is 143 cm³/mol. The van der Waals surface area contributed by atoms with E-state index in [1.165, 1.54) is 7.11 Å². The van der Waals surface area contributed by atoms with Gasteiger partial charge < -0.3 is 23.7 Å². The van der Waals surface area contributed by atoms with Gasteiger partial charge in [-0.15, -0.1) is 0 Å². The summed E-state index contributed by atoms with van der Waals surface area (Å²) in [4.78, 5) is 13.0. The van der Waals surface area contributed by atoms with E-state index in [1.807, 2.05) is 103 Å². The largest absolute Gasteiger partial charge is 0.489 e. The third kappa shape index (κ3) is 6.33. The van der Waals surface area contributed by atoms with Gasteiger partial charge in [0.05, 0.1) is 0 Å². The van der Waals surface area contributed by atoms with Crippen LogP contribution in [0.3, 0.4) is 0 Å². The summed E-state index contributed by atoms with van der Waals surface area (Å²) in [5.41, 5.74) is 3.69. The minimum atomic E-state index is -0.805. The van der Waals surface area contributed by atoms with Gasteiger partial charge in [-0.1, -0.05) is 91.0 Å². The van der Waals surface area contributed by atoms with Crippen LogP contribution in [0, 0.1) is 0 Å². The molecule has 0 aliphatic carbocycles. The Bertz CT molecular complexity index is 1320. The zero-order chi connectivity index (χ0) is 26.2. The number of rotatable bonds is 10. The number of esters is 1. The number of hydrogen-bond donors (Lipinski definition) is 0. The summed E-state index contributed by atoms with van der Waals surface area (Å²) in [7, 11) is 1.50. The second-order valence-electron chi connectivity index (χ2n) is 9.05. The van der Waals surface area contributed by atoms with E-state index >= 15 is 0 Å². The SMILES string of the molecule is CO[C@H](C(=O)O[C@H]1COc2cc(OCc3ccccc3)cc(OCc3ccccc3)c2C1)c1ccccc1. The standard InChI is InChI=1S/C32H30O6/c1-34-31(25-15-9-4-10-16-25)32(33)38-27-17-28-29(36-21-24-13-7-3-8-14-24)18-26(19-30(28)37-22-27)35-20-23-11-5-2-6-12-23/h2-16,18-19,27,31H,17,20-22H2,1H3/t27-,31+/m1/s1. The molecule has 0 radical (unpaired) electrons. The molecule has 0 fully saturated rings. The Morgan fingerprint density at radius 2 is 1.45 bits per heavy atom. The van der Waals surface area contributed by atoms with Gasteiger partial charge in [0.15, 0.2) is 6.10 Å². The first-order valence-electron chi connectivity index (χ1n) is 12.6. The molecular weight excluding hydrogens is 480 g/mol. The maximum Gasteiger partial charge on any atom is 0.340 e. The normalized spacial score (nSPS) is 15.0. The van der Waals surface area contributed by atoms with Crippen molar-refractivity contribution in [3.63, 3.8) is 0 Å². The Balaban J connectivity index is 1.33. The molecule has 0 amide bonds. The van der Waals surface area contributed by atoms with E-state index in [0.717, 1.165) is 22.3 Å². The van der Waals surface area contributed by atoms with Crippen molar-refractivity contribution in [1.82, 2.24) is 0 Å². The van der Waals surface area contributed by atoms with Crippen molar-refractivity contribution in [3.05, 3.63) is 125 Å². The molecule has 4 aromatic rings. The molecular formula is C32H30O6. The first-order valence-corrected chi connectivity index (χ1v) is 12.6. The minimum Gasteiger partial charge on any atom is -0.489 e. The molecule has 2 atom stereocenters. The Hall–Kier alpha value is -4.29. The van der Waals surface area contributed by atoms with Crippen molar-refractivity contribution in [2.24, 2.45) is 0 Å². The molecule has 38 heavy (non-hydrogen) atoms. The summed E-state index contributed by atoms with van der Waals surface area (Å²) < 4.78 is 29.7. The van der Waals surface area contributed by atoms with Gasteiger partial charge in [-0.3, -0.25) is 0 Å². The summed E-state index contributed by atoms with van der Waals surface area (Å²) in [6.45, 7) is 1.04. The van der Waals surface area contributed by atoms with E-state index in [1.54, 1.807) is 0 Å². The Morgan fingerprint density at radius 3 is 2.08 bits per heavy atom. The summed E-state index contributed by atoms with van der Waals surface area (Å²) in [5, 5.41) is 0. The van der Waals surface area contributed by atoms with Gasteiger partial charge >= 0.3 is 5.97 Å². The fourth-order valence-corrected chi connectivity index (χ4v) is 4.38. The number of fused-ring (bicyclic) bond motifs is 1. The maximum atomic E-state index is 13.0. The Kier molecular flexibility index (Phi) is 8.21. The van der Waals surface area contributed by atoms with Crippen molar-refractivity contribution >= 4 is 5.97 Å². The van der Waals surface area contributed by atoms with E-state index in [-0.39, 0.29) is 6.61 Å². The molecule has 1 aliphatic rings. The smallest absolute Gasteiger partial charge is 0.340 e. The summed E-state index contributed by atoms with van der Waals surface area (Å²) in [6.07, 6.45) is -0.832. The van der Waals surface area contributed by atoms with Crippen LogP contribution in [0.1, 0.15) is 28.4 Å². The van der Waals surface area contributed by atoms with Crippen LogP contribution in [0.4, 0.5) is 0 Å². The van der Waals surface area contributed by atoms with Crippen LogP contribution in [0.15, 0.2) is 103 Å². The number of benzene rings is 4. The highest BCUT2D eigenvalue weighted by Crippen LogP contribution is 2.39. The van der Waals surface area contributed by atoms with E-state index < -0.39 is 18.2 Å². The summed E-state index contributed by atoms with van der Waals surface area (Å²) >= 11 is 0. The lowest BCUT2D eigenvalue weighted by Crippen LogP contribution is -2.33. The fourth-order valence-electron chi connectivity index (χ4n) is 4.38. The van der Waals surface area contributed by atoms with E-state index in [4.69, 9.17) is 23.7 Å². The van der Waals surface area contributed by atoms with Crippen LogP contribution in [0.25, 0.3) is 0 Å². The van der Waals surface area contributed by atoms with E-state index in [9.17, 15) is 4.79 Å². The Labute approximate surface area is 222 Å². The number of carbonyl (C=O) groups excluding carboxylic acids is 1. The molecule has 6 nitrogen and oxygen atoms in total. The number of carbonyl (C=O) groups is 1. The van der Waals surface area contributed by atoms with Crippen LogP contribution >= 0.6 is 0 Å². The third-order valence-electron chi connectivity index (χ3n) is 6.32. The Morgan fingerprint density at radius 1 is 0.842 bits per heavy atom. The average Bonchev–Trinajstić information content (AvgIpc) is 2.97. The predicted octanol–water partition coefficient (Wildman–Crippen LogP) is 6.08. The first-order chi connectivity index (χ1) is 18.7. The number of hydrogen-bond acceptors (Lipinski definition) is 6. The van der Waals surface area contributed by atoms with Crippen molar-refractivity contribution < 1.29 is 28.5 Å². The minimum absolute atomic E-state index is 0.226. The molecule has 0 aromatic heterocycles. The monoisotopic (exact) mass is 510 g/mol. The van der Waals surface area contributed by atoms with Crippen LogP contribution in [0.5, 0.6) is 17.2 Å². The van der Waals surface area contributed by atoms with Crippen molar-refractivity contribution in [3.8, 4) is 17.2 Å². The van der Waals surface area contributed by atoms with Crippen molar-refractivity contribution in [1.29, 1.82) is 0 Å². The topological polar surface area (TPSA) is 63.2 Å². The van der Waals surface area contributed by atoms with Crippen LogP contribution in [0.2, 0.25) is 0 Å². The molecule has 1 aliphatic heterocycles. The zero-order valence-electron chi connectivity index (χ0n) is 21.2. The fraction of sp³-hybridized carbons (Fsp3) is 0.219. The molecule has 0 spiro atoms. The molecule has 1 heterocycles. The molecule has 0 N–H and O–H groups in total. The lowest BCUT2D eigenvalue weighted by atomic mass is 10.0. The first kappa shape index (κ1) is 25.4. The average molecular weight is 511 g/mol. The highest BCUT2D eigenvalue weighted by atomic mass is 16.6. The molecule has 0 saturated carbocycles. The van der Waals surface area contributed by atoms with Crippen LogP contribution < -0.4 is 14.2 Å². The van der Waals surface area contributed by atoms with Crippen molar-refractivity contribution in [2.45, 2.75) is 31.8 Å². The van der Waals surface area contributed by atoms with Crippen LogP contribution in [-0.2, 0) is 33.9 Å². The highest BCUT2D eigenvalue weighted by Gasteiger charge is 2.30. The summed E-state index contributed by atoms with van der Waals surface area (Å²) in [6, 6.07) is 33.0. The van der Waals surface area contributed by atoms with Gasteiger partial charge in [-0.05, 0) is 16.7 Å². The van der Waals surface area contributed by atoms with Gasteiger partial charge in [0.25, 0.3) is 0 Å². The van der Waals surface area contributed by atoms with Gasteiger partial charge in [-0.2, -0.15) is 0 Å². The van der Waals surface area contributed by atoms with Crippen LogP contribution in [-0.4, -0.2) is 25.8 Å². The zero-order valence-corrected chi connectivity index (χ0v) is 21.2. The lowest BCUT2D eigenvalue weighted by molar-refractivity contribution is -0.163. The maximum absolute atomic E-state index is 13.0. The van der Waals surface area contributed by atoms with Gasteiger partial charge in [-0.25, -0.2) is 4.79 Å². The van der Waals surface area contributed by atoms with Gasteiger partial charge in [0, 0.05) is 31.2 Å². The molecule has 6 heteroatoms. The molecule has 0 bridgehead atoms. The van der Waals surface area contributed by atoms with Gasteiger partial charge in [0.1, 0.15) is 43.2 Å². The van der Waals surface area contributed by atoms with E-state index in [2.05, 4.69) is 0 Å². The highest BCUT2D eigenvalue weighted by molar-refractivity contribution is 5.76. The second-order valence-corrected chi connectivity index (χ2v) is 9.05. The molecule has 4 aromatic carbocycles.